The van der Waals surface area contributed by atoms with Crippen LogP contribution in [0.1, 0.15) is 47.9 Å². The molecule has 5 rings (SSSR count). The molecule has 0 fully saturated rings. The summed E-state index contributed by atoms with van der Waals surface area (Å²) in [7, 11) is 0. The van der Waals surface area contributed by atoms with E-state index in [0.29, 0.717) is 31.6 Å². The molecule has 0 bridgehead atoms. The van der Waals surface area contributed by atoms with Gasteiger partial charge in [0.2, 0.25) is 0 Å². The molecule has 0 saturated carbocycles. The van der Waals surface area contributed by atoms with Crippen LogP contribution in [0, 0.1) is 0 Å². The summed E-state index contributed by atoms with van der Waals surface area (Å²) in [6, 6.07) is 24.2. The molecule has 3 aromatic rings. The van der Waals surface area contributed by atoms with E-state index in [9.17, 15) is 15.0 Å². The number of hydrogen-bond acceptors (Lipinski definition) is 5. The van der Waals surface area contributed by atoms with Crippen LogP contribution in [0.15, 0.2) is 102 Å². The van der Waals surface area contributed by atoms with E-state index in [-0.39, 0.29) is 19.0 Å². The summed E-state index contributed by atoms with van der Waals surface area (Å²) in [5.74, 6) is 1.42. The van der Waals surface area contributed by atoms with Crippen molar-refractivity contribution in [2.24, 2.45) is 0 Å². The third-order valence-corrected chi connectivity index (χ3v) is 7.34. The average molecular weight is 523 g/mol. The number of para-hydroxylation sites is 2. The summed E-state index contributed by atoms with van der Waals surface area (Å²) < 4.78 is 12.8. The highest BCUT2D eigenvalue weighted by molar-refractivity contribution is 6.14. The Balaban J connectivity index is 1.79. The molecular weight excluding hydrogens is 488 g/mol. The number of rotatable bonds is 12. The predicted molar refractivity (Wildman–Crippen MR) is 153 cm³/mol. The molecular formula is C34H34O5. The second-order valence-corrected chi connectivity index (χ2v) is 9.75. The summed E-state index contributed by atoms with van der Waals surface area (Å²) in [4.78, 5) is 13.3. The van der Waals surface area contributed by atoms with Gasteiger partial charge in [-0.1, -0.05) is 72.8 Å². The molecule has 200 valence electrons. The number of hydrogen-bond donors (Lipinski definition) is 2. The number of fused-ring (bicyclic) bond motifs is 2. The second-order valence-electron chi connectivity index (χ2n) is 9.75. The van der Waals surface area contributed by atoms with E-state index < -0.39 is 5.41 Å². The molecule has 2 N–H and O–H groups in total. The van der Waals surface area contributed by atoms with Gasteiger partial charge >= 0.3 is 0 Å². The van der Waals surface area contributed by atoms with Gasteiger partial charge in [0, 0.05) is 29.9 Å². The van der Waals surface area contributed by atoms with Crippen molar-refractivity contribution in [2.75, 3.05) is 26.4 Å². The molecule has 0 radical (unpaired) electrons. The quantitative estimate of drug-likeness (QED) is 0.295. The number of carbonyl (C=O) groups is 1. The molecule has 5 nitrogen and oxygen atoms in total. The SMILES string of the molecule is O=C1C=CC=C2C1=Cc1ccccc1C2(c1ccccc1OCCCCO)c1ccccc1OCCCCO. The lowest BCUT2D eigenvalue weighted by atomic mass is 9.58. The molecule has 3 aromatic carbocycles. The fourth-order valence-corrected chi connectivity index (χ4v) is 5.61. The highest BCUT2D eigenvalue weighted by Gasteiger charge is 2.49. The Bertz CT molecular complexity index is 1360. The Kier molecular flexibility index (Phi) is 8.40. The van der Waals surface area contributed by atoms with Gasteiger partial charge in [-0.05, 0) is 66.7 Å². The van der Waals surface area contributed by atoms with Gasteiger partial charge in [-0.25, -0.2) is 0 Å². The second kappa shape index (κ2) is 12.3. The molecule has 0 spiro atoms. The Hall–Kier alpha value is -3.93. The van der Waals surface area contributed by atoms with Crippen LogP contribution in [-0.2, 0) is 10.2 Å². The molecule has 5 heteroatoms. The number of carbonyl (C=O) groups excluding carboxylic acids is 1. The summed E-state index contributed by atoms with van der Waals surface area (Å²) in [6.45, 7) is 1.18. The molecule has 2 aliphatic rings. The van der Waals surface area contributed by atoms with Crippen molar-refractivity contribution in [3.8, 4) is 11.5 Å². The topological polar surface area (TPSA) is 76.0 Å². The first-order chi connectivity index (χ1) is 19.2. The molecule has 2 aliphatic carbocycles. The van der Waals surface area contributed by atoms with Crippen LogP contribution < -0.4 is 9.47 Å². The minimum Gasteiger partial charge on any atom is -0.493 e. The zero-order valence-electron chi connectivity index (χ0n) is 22.0. The monoisotopic (exact) mass is 522 g/mol. The molecule has 0 atom stereocenters. The minimum atomic E-state index is -0.887. The third kappa shape index (κ3) is 5.08. The maximum Gasteiger partial charge on any atom is 0.186 e. The van der Waals surface area contributed by atoms with Crippen LogP contribution >= 0.6 is 0 Å². The highest BCUT2D eigenvalue weighted by Crippen LogP contribution is 2.56. The summed E-state index contributed by atoms with van der Waals surface area (Å²) in [6.07, 6.45) is 10.3. The van der Waals surface area contributed by atoms with Gasteiger partial charge < -0.3 is 19.7 Å². The molecule has 0 aromatic heterocycles. The Morgan fingerprint density at radius 1 is 0.667 bits per heavy atom. The van der Waals surface area contributed by atoms with Gasteiger partial charge in [0.25, 0.3) is 0 Å². The van der Waals surface area contributed by atoms with Crippen molar-refractivity contribution < 1.29 is 24.5 Å². The lowest BCUT2D eigenvalue weighted by molar-refractivity contribution is -0.111. The van der Waals surface area contributed by atoms with E-state index in [1.807, 2.05) is 66.8 Å². The zero-order chi connectivity index (χ0) is 27.1. The van der Waals surface area contributed by atoms with Crippen molar-refractivity contribution in [3.05, 3.63) is 124 Å². The zero-order valence-corrected chi connectivity index (χ0v) is 22.0. The van der Waals surface area contributed by atoms with Crippen LogP contribution in [0.3, 0.4) is 0 Å². The molecule has 0 amide bonds. The number of aliphatic hydroxyl groups is 2. The Morgan fingerprint density at radius 2 is 1.21 bits per heavy atom. The van der Waals surface area contributed by atoms with Crippen molar-refractivity contribution in [1.29, 1.82) is 0 Å². The lowest BCUT2D eigenvalue weighted by Crippen LogP contribution is -2.38. The fraction of sp³-hybridized carbons (Fsp3) is 0.265. The molecule has 39 heavy (non-hydrogen) atoms. The van der Waals surface area contributed by atoms with Crippen molar-refractivity contribution in [3.63, 3.8) is 0 Å². The van der Waals surface area contributed by atoms with E-state index in [2.05, 4.69) is 24.3 Å². The summed E-state index contributed by atoms with van der Waals surface area (Å²) in [5, 5.41) is 18.5. The van der Waals surface area contributed by atoms with Gasteiger partial charge in [0.05, 0.1) is 18.6 Å². The van der Waals surface area contributed by atoms with E-state index in [4.69, 9.17) is 9.47 Å². The maximum atomic E-state index is 13.3. The van der Waals surface area contributed by atoms with Gasteiger partial charge in [-0.3, -0.25) is 4.79 Å². The van der Waals surface area contributed by atoms with Crippen LogP contribution in [0.5, 0.6) is 11.5 Å². The summed E-state index contributed by atoms with van der Waals surface area (Å²) >= 11 is 0. The number of allylic oxidation sites excluding steroid dienone is 5. The molecule has 0 heterocycles. The normalized spacial score (nSPS) is 15.2. The number of aliphatic hydroxyl groups excluding tert-OH is 2. The van der Waals surface area contributed by atoms with Gasteiger partial charge in [0.15, 0.2) is 5.78 Å². The maximum absolute atomic E-state index is 13.3. The smallest absolute Gasteiger partial charge is 0.186 e. The van der Waals surface area contributed by atoms with Crippen molar-refractivity contribution >= 4 is 11.9 Å². The standard InChI is InChI=1S/C34H34O5/c35-20-7-9-22-38-32-18-5-3-14-29(32)34(30-15-4-6-19-33(30)39-23-10-8-21-36)27-13-2-1-12-25(27)24-26-28(34)16-11-17-31(26)37/h1-6,11-19,24,35-36H,7-10,20-23H2. The minimum absolute atomic E-state index is 0.0333. The first-order valence-corrected chi connectivity index (χ1v) is 13.6. The van der Waals surface area contributed by atoms with E-state index in [1.54, 1.807) is 6.08 Å². The lowest BCUT2D eigenvalue weighted by Gasteiger charge is -2.44. The highest BCUT2D eigenvalue weighted by atomic mass is 16.5. The first-order valence-electron chi connectivity index (χ1n) is 13.6. The van der Waals surface area contributed by atoms with Crippen LogP contribution in [-0.4, -0.2) is 42.4 Å². The third-order valence-electron chi connectivity index (χ3n) is 7.34. The van der Waals surface area contributed by atoms with Crippen LogP contribution in [0.2, 0.25) is 0 Å². The van der Waals surface area contributed by atoms with Crippen LogP contribution in [0.25, 0.3) is 6.08 Å². The predicted octanol–water partition coefficient (Wildman–Crippen LogP) is 5.79. The molecule has 0 saturated heterocycles. The molecule has 0 aliphatic heterocycles. The number of ether oxygens (including phenoxy) is 2. The fourth-order valence-electron chi connectivity index (χ4n) is 5.61. The van der Waals surface area contributed by atoms with Crippen LogP contribution in [0.4, 0.5) is 0 Å². The van der Waals surface area contributed by atoms with Gasteiger partial charge in [-0.2, -0.15) is 0 Å². The van der Waals surface area contributed by atoms with Gasteiger partial charge in [-0.15, -0.1) is 0 Å². The number of benzene rings is 3. The van der Waals surface area contributed by atoms with Gasteiger partial charge in [0.1, 0.15) is 11.5 Å². The number of ketones is 1. The van der Waals surface area contributed by atoms with E-state index in [0.717, 1.165) is 52.2 Å². The van der Waals surface area contributed by atoms with Crippen molar-refractivity contribution in [2.45, 2.75) is 31.1 Å². The Morgan fingerprint density at radius 3 is 1.79 bits per heavy atom. The van der Waals surface area contributed by atoms with E-state index in [1.165, 1.54) is 0 Å². The molecule has 0 unspecified atom stereocenters. The summed E-state index contributed by atoms with van der Waals surface area (Å²) in [5.41, 5.74) is 4.51. The Labute approximate surface area is 229 Å². The largest absolute Gasteiger partial charge is 0.493 e. The average Bonchev–Trinajstić information content (AvgIpc) is 2.97. The van der Waals surface area contributed by atoms with E-state index >= 15 is 0 Å². The first kappa shape index (κ1) is 26.7. The van der Waals surface area contributed by atoms with Crippen molar-refractivity contribution in [1.82, 2.24) is 0 Å². The number of unbranched alkanes of at least 4 members (excludes halogenated alkanes) is 2.